The Bertz CT molecular complexity index is 1450. The van der Waals surface area contributed by atoms with Crippen molar-refractivity contribution in [2.75, 3.05) is 33.4 Å². The summed E-state index contributed by atoms with van der Waals surface area (Å²) in [5.41, 5.74) is 2.10. The third-order valence-electron chi connectivity index (χ3n) is 6.58. The highest BCUT2D eigenvalue weighted by molar-refractivity contribution is 6.31. The summed E-state index contributed by atoms with van der Waals surface area (Å²) in [7, 11) is 1.50. The third-order valence-corrected chi connectivity index (χ3v) is 6.82. The highest BCUT2D eigenvalue weighted by atomic mass is 35.5. The van der Waals surface area contributed by atoms with E-state index in [2.05, 4.69) is 4.98 Å². The zero-order valence-corrected chi connectivity index (χ0v) is 22.6. The zero-order chi connectivity index (χ0) is 28.7. The summed E-state index contributed by atoms with van der Waals surface area (Å²) in [6.45, 7) is 0.537. The number of para-hydroxylation sites is 1. The summed E-state index contributed by atoms with van der Waals surface area (Å²) in [6, 6.07) is 19.0. The van der Waals surface area contributed by atoms with E-state index in [1.54, 1.807) is 23.1 Å². The van der Waals surface area contributed by atoms with Crippen LogP contribution in [0.4, 0.5) is 13.2 Å². The lowest BCUT2D eigenvalue weighted by Gasteiger charge is -2.28. The van der Waals surface area contributed by atoms with Gasteiger partial charge in [-0.25, -0.2) is 0 Å². The number of aromatic nitrogens is 1. The van der Waals surface area contributed by atoms with E-state index >= 15 is 0 Å². The second-order valence-electron chi connectivity index (χ2n) is 9.35. The van der Waals surface area contributed by atoms with E-state index in [1.165, 1.54) is 30.2 Å². The standard InChI is InChI=1S/C30H29ClF3N3O3/c1-40-16-15-37(29(39)22-5-4-6-25(31)17-22)20-28(38)36(19-21-9-11-24(12-10-21)30(32,33)34)14-13-23-18-35-27-8-3-2-7-26(23)27/h2-12,17-18,35H,13-16,19-20H2,1H3. The maximum Gasteiger partial charge on any atom is 0.416 e. The number of nitrogens with zero attached hydrogens (tertiary/aromatic N) is 2. The molecule has 0 saturated heterocycles. The van der Waals surface area contributed by atoms with Crippen LogP contribution in [-0.2, 0) is 28.7 Å². The highest BCUT2D eigenvalue weighted by Crippen LogP contribution is 2.29. The minimum atomic E-state index is -4.45. The number of fused-ring (bicyclic) bond motifs is 1. The number of halogens is 4. The molecule has 0 aliphatic heterocycles. The molecule has 2 amide bonds. The molecule has 0 bridgehead atoms. The van der Waals surface area contributed by atoms with Crippen molar-refractivity contribution in [2.45, 2.75) is 19.1 Å². The molecule has 1 aromatic heterocycles. The lowest BCUT2D eigenvalue weighted by Crippen LogP contribution is -2.44. The Hall–Kier alpha value is -3.82. The van der Waals surface area contributed by atoms with E-state index < -0.39 is 11.7 Å². The zero-order valence-electron chi connectivity index (χ0n) is 21.9. The maximum atomic E-state index is 13.7. The van der Waals surface area contributed by atoms with E-state index in [1.807, 2.05) is 30.5 Å². The molecule has 4 rings (SSSR count). The van der Waals surface area contributed by atoms with Crippen LogP contribution in [0.3, 0.4) is 0 Å². The minimum absolute atomic E-state index is 0.0861. The number of hydrogen-bond donors (Lipinski definition) is 1. The van der Waals surface area contributed by atoms with E-state index in [4.69, 9.17) is 16.3 Å². The number of hydrogen-bond acceptors (Lipinski definition) is 3. The highest BCUT2D eigenvalue weighted by Gasteiger charge is 2.30. The van der Waals surface area contributed by atoms with E-state index in [0.717, 1.165) is 28.6 Å². The summed E-state index contributed by atoms with van der Waals surface area (Å²) < 4.78 is 44.4. The molecular formula is C30H29ClF3N3O3. The van der Waals surface area contributed by atoms with Gasteiger partial charge in [0.15, 0.2) is 0 Å². The summed E-state index contributed by atoms with van der Waals surface area (Å²) in [5.74, 6) is -0.717. The van der Waals surface area contributed by atoms with E-state index in [9.17, 15) is 22.8 Å². The van der Waals surface area contributed by atoms with Crippen molar-refractivity contribution in [3.05, 3.63) is 106 Å². The molecule has 1 N–H and O–H groups in total. The Morgan fingerprint density at radius 1 is 0.950 bits per heavy atom. The van der Waals surface area contributed by atoms with Gasteiger partial charge in [-0.2, -0.15) is 13.2 Å². The fraction of sp³-hybridized carbons (Fsp3) is 0.267. The minimum Gasteiger partial charge on any atom is -0.383 e. The molecule has 0 saturated carbocycles. The predicted octanol–water partition coefficient (Wildman–Crippen LogP) is 6.20. The molecule has 40 heavy (non-hydrogen) atoms. The average molecular weight is 572 g/mol. The number of amides is 2. The summed E-state index contributed by atoms with van der Waals surface area (Å²) in [4.78, 5) is 33.1. The van der Waals surface area contributed by atoms with E-state index in [-0.39, 0.29) is 38.1 Å². The van der Waals surface area contributed by atoms with Gasteiger partial charge in [-0.1, -0.05) is 48.0 Å². The van der Waals surface area contributed by atoms with Gasteiger partial charge in [0.2, 0.25) is 5.91 Å². The van der Waals surface area contributed by atoms with Crippen molar-refractivity contribution in [3.8, 4) is 0 Å². The number of carbonyl (C=O) groups excluding carboxylic acids is 2. The number of carbonyl (C=O) groups is 2. The number of aromatic amines is 1. The van der Waals surface area contributed by atoms with Crippen LogP contribution in [0.15, 0.2) is 79.0 Å². The first-order chi connectivity index (χ1) is 19.2. The van der Waals surface area contributed by atoms with Gasteiger partial charge in [0.1, 0.15) is 6.54 Å². The van der Waals surface area contributed by atoms with Gasteiger partial charge in [-0.05, 0) is 53.9 Å². The Morgan fingerprint density at radius 3 is 2.40 bits per heavy atom. The fourth-order valence-electron chi connectivity index (χ4n) is 4.43. The van der Waals surface area contributed by atoms with Gasteiger partial charge in [-0.3, -0.25) is 9.59 Å². The first-order valence-electron chi connectivity index (χ1n) is 12.7. The van der Waals surface area contributed by atoms with Gasteiger partial charge in [-0.15, -0.1) is 0 Å². The third kappa shape index (κ3) is 7.43. The van der Waals surface area contributed by atoms with Crippen LogP contribution in [-0.4, -0.2) is 59.9 Å². The molecule has 210 valence electrons. The molecule has 3 aromatic carbocycles. The normalized spacial score (nSPS) is 11.5. The van der Waals surface area contributed by atoms with Gasteiger partial charge in [0.25, 0.3) is 5.91 Å². The van der Waals surface area contributed by atoms with Crippen LogP contribution >= 0.6 is 11.6 Å². The van der Waals surface area contributed by atoms with Crippen molar-refractivity contribution in [1.82, 2.24) is 14.8 Å². The predicted molar refractivity (Wildman–Crippen MR) is 148 cm³/mol. The molecule has 0 fully saturated rings. The van der Waals surface area contributed by atoms with Crippen LogP contribution in [0.25, 0.3) is 10.9 Å². The van der Waals surface area contributed by atoms with Gasteiger partial charge in [0.05, 0.1) is 12.2 Å². The number of nitrogens with one attached hydrogen (secondary N) is 1. The maximum absolute atomic E-state index is 13.7. The van der Waals surface area contributed by atoms with Crippen LogP contribution in [0, 0.1) is 0 Å². The van der Waals surface area contributed by atoms with Crippen molar-refractivity contribution in [3.63, 3.8) is 0 Å². The molecule has 6 nitrogen and oxygen atoms in total. The van der Waals surface area contributed by atoms with Crippen molar-refractivity contribution >= 4 is 34.3 Å². The topological polar surface area (TPSA) is 65.6 Å². The van der Waals surface area contributed by atoms with Crippen LogP contribution < -0.4 is 0 Å². The Kier molecular flexibility index (Phi) is 9.50. The van der Waals surface area contributed by atoms with Crippen LogP contribution in [0.2, 0.25) is 5.02 Å². The number of methoxy groups -OCH3 is 1. The van der Waals surface area contributed by atoms with Crippen LogP contribution in [0.1, 0.15) is 27.0 Å². The smallest absolute Gasteiger partial charge is 0.383 e. The largest absolute Gasteiger partial charge is 0.416 e. The summed E-state index contributed by atoms with van der Waals surface area (Å²) >= 11 is 6.07. The molecule has 0 aliphatic carbocycles. The quantitative estimate of drug-likeness (QED) is 0.233. The molecule has 0 aliphatic rings. The van der Waals surface area contributed by atoms with Crippen molar-refractivity contribution < 1.29 is 27.5 Å². The van der Waals surface area contributed by atoms with Gasteiger partial charge in [0, 0.05) is 54.4 Å². The second kappa shape index (κ2) is 13.0. The molecule has 0 spiro atoms. The van der Waals surface area contributed by atoms with Crippen LogP contribution in [0.5, 0.6) is 0 Å². The lowest BCUT2D eigenvalue weighted by atomic mass is 10.1. The SMILES string of the molecule is COCCN(CC(=O)N(CCc1c[nH]c2ccccc12)Cc1ccc(C(F)(F)F)cc1)C(=O)c1cccc(Cl)c1. The molecule has 10 heteroatoms. The fourth-order valence-corrected chi connectivity index (χ4v) is 4.62. The first kappa shape index (κ1) is 29.2. The Balaban J connectivity index is 1.56. The molecule has 0 atom stereocenters. The molecule has 4 aromatic rings. The first-order valence-corrected chi connectivity index (χ1v) is 13.1. The number of ether oxygens (including phenoxy) is 1. The Labute approximate surface area is 235 Å². The molecule has 0 unspecified atom stereocenters. The van der Waals surface area contributed by atoms with Gasteiger partial charge < -0.3 is 19.5 Å². The second-order valence-corrected chi connectivity index (χ2v) is 9.79. The summed E-state index contributed by atoms with van der Waals surface area (Å²) in [6.07, 6.45) is -2.05. The van der Waals surface area contributed by atoms with Gasteiger partial charge >= 0.3 is 6.18 Å². The molecule has 0 radical (unpaired) electrons. The average Bonchev–Trinajstić information content (AvgIpc) is 3.35. The molecular weight excluding hydrogens is 543 g/mol. The van der Waals surface area contributed by atoms with Crippen molar-refractivity contribution in [1.29, 1.82) is 0 Å². The molecule has 1 heterocycles. The number of rotatable bonds is 11. The van der Waals surface area contributed by atoms with E-state index in [0.29, 0.717) is 29.1 Å². The number of benzene rings is 3. The Morgan fingerprint density at radius 2 is 1.70 bits per heavy atom. The number of H-pyrrole nitrogens is 1. The van der Waals surface area contributed by atoms with Crippen molar-refractivity contribution in [2.24, 2.45) is 0 Å². The number of alkyl halides is 3. The lowest BCUT2D eigenvalue weighted by molar-refractivity contribution is -0.137. The summed E-state index contributed by atoms with van der Waals surface area (Å²) in [5, 5.41) is 1.42. The monoisotopic (exact) mass is 571 g/mol.